The SMILES string of the molecule is CCCC[C@@]1(CC)C[C@H](c2ccc(F)cc2)c2cc(OCCOCCOCCOc3ccc4c(c3)[C@H](c3ccc(F)cc3)C[C@@](CC)(CCCC)CS4(=O)=O)ccc2S(=O)(=O)C1.CO.CO. The Morgan fingerprint density at radius 1 is 0.530 bits per heavy atom. The van der Waals surface area contributed by atoms with Gasteiger partial charge in [0.15, 0.2) is 19.7 Å². The van der Waals surface area contributed by atoms with Crippen molar-refractivity contribution in [3.63, 3.8) is 0 Å². The third-order valence-electron chi connectivity index (χ3n) is 13.2. The van der Waals surface area contributed by atoms with Gasteiger partial charge >= 0.3 is 0 Å². The van der Waals surface area contributed by atoms with Crippen LogP contribution in [0.3, 0.4) is 0 Å². The second-order valence-electron chi connectivity index (χ2n) is 17.4. The summed E-state index contributed by atoms with van der Waals surface area (Å²) in [6.07, 6.45) is 8.21. The zero-order valence-corrected chi connectivity index (χ0v) is 41.3. The highest BCUT2D eigenvalue weighted by Gasteiger charge is 2.44. The molecule has 2 aliphatic rings. The predicted octanol–water partition coefficient (Wildman–Crippen LogP) is 10.5. The Morgan fingerprint density at radius 2 is 0.879 bits per heavy atom. The van der Waals surface area contributed by atoms with Gasteiger partial charge in [-0.1, -0.05) is 77.6 Å². The summed E-state index contributed by atoms with van der Waals surface area (Å²) in [5.74, 6) is 0.123. The molecule has 6 rings (SSSR count). The quantitative estimate of drug-likeness (QED) is 0.0774. The number of unbranched alkanes of at least 4 members (excludes halogenated alkanes) is 2. The van der Waals surface area contributed by atoms with Crippen molar-refractivity contribution in [2.24, 2.45) is 10.8 Å². The average molecular weight is 959 g/mol. The van der Waals surface area contributed by atoms with Crippen LogP contribution in [-0.2, 0) is 29.1 Å². The highest BCUT2D eigenvalue weighted by molar-refractivity contribution is 7.91. The number of aliphatic hydroxyl groups is 2. The van der Waals surface area contributed by atoms with Gasteiger partial charge in [-0.05, 0) is 132 Å². The summed E-state index contributed by atoms with van der Waals surface area (Å²) >= 11 is 0. The zero-order chi connectivity index (χ0) is 48.4. The standard InChI is InChI=1S/C50H64F2O8S2.2CH4O/c1-5-9-23-49(7-3)33-45(37-11-15-39(51)16-12-37)43-31-41(19-21-47(43)61(53,54)35-49)59-29-27-57-25-26-58-28-30-60-42-20-22-48-44(32-42)46(38-13-17-40(52)18-14-38)34-50(8-4,24-10-6-2)36-62(48,55)56;2*1-2/h11-22,31-32,45-46H,5-10,23-30,33-36H2,1-4H3;2*2H,1H3/t45-,46+,49+,50-;;. The topological polar surface area (TPSA) is 146 Å². The Hall–Kier alpha value is -3.92. The summed E-state index contributed by atoms with van der Waals surface area (Å²) in [5, 5.41) is 14.0. The third-order valence-corrected chi connectivity index (χ3v) is 17.2. The van der Waals surface area contributed by atoms with Crippen LogP contribution in [0.1, 0.15) is 126 Å². The van der Waals surface area contributed by atoms with E-state index in [1.165, 1.54) is 24.3 Å². The van der Waals surface area contributed by atoms with Crippen LogP contribution in [-0.4, -0.2) is 92.4 Å². The molecule has 4 aromatic carbocycles. The van der Waals surface area contributed by atoms with E-state index >= 15 is 0 Å². The van der Waals surface area contributed by atoms with E-state index in [4.69, 9.17) is 29.2 Å². The van der Waals surface area contributed by atoms with E-state index < -0.39 is 30.5 Å². The molecule has 10 nitrogen and oxygen atoms in total. The number of aliphatic hydroxyl groups excluding tert-OH is 2. The Bertz CT molecular complexity index is 2140. The average Bonchev–Trinajstić information content (AvgIpc) is 3.49. The Morgan fingerprint density at radius 3 is 1.21 bits per heavy atom. The largest absolute Gasteiger partial charge is 0.491 e. The first kappa shape index (κ1) is 54.7. The monoisotopic (exact) mass is 958 g/mol. The van der Waals surface area contributed by atoms with Crippen molar-refractivity contribution in [2.45, 2.75) is 114 Å². The lowest BCUT2D eigenvalue weighted by atomic mass is 9.71. The molecule has 0 spiro atoms. The van der Waals surface area contributed by atoms with Crippen LogP contribution in [0.15, 0.2) is 94.7 Å². The lowest BCUT2D eigenvalue weighted by Gasteiger charge is -2.34. The van der Waals surface area contributed by atoms with E-state index in [2.05, 4.69) is 27.7 Å². The van der Waals surface area contributed by atoms with Crippen molar-refractivity contribution < 1.29 is 54.8 Å². The summed E-state index contributed by atoms with van der Waals surface area (Å²) in [5.41, 5.74) is 2.34. The highest BCUT2D eigenvalue weighted by atomic mass is 32.2. The summed E-state index contributed by atoms with van der Waals surface area (Å²) in [6, 6.07) is 23.1. The highest BCUT2D eigenvalue weighted by Crippen LogP contribution is 2.51. The molecule has 0 saturated heterocycles. The summed E-state index contributed by atoms with van der Waals surface area (Å²) in [6.45, 7) is 10.1. The molecule has 0 amide bonds. The van der Waals surface area contributed by atoms with Gasteiger partial charge in [0.25, 0.3) is 0 Å². The molecule has 2 aliphatic heterocycles. The lowest BCUT2D eigenvalue weighted by molar-refractivity contribution is 0.0273. The van der Waals surface area contributed by atoms with Gasteiger partial charge in [0, 0.05) is 26.1 Å². The summed E-state index contributed by atoms with van der Waals surface area (Å²) < 4.78 is 107. The van der Waals surface area contributed by atoms with Crippen LogP contribution in [0.5, 0.6) is 11.5 Å². The normalized spacial score (nSPS) is 21.6. The van der Waals surface area contributed by atoms with E-state index in [0.717, 1.165) is 76.7 Å². The van der Waals surface area contributed by atoms with Crippen LogP contribution in [0, 0.1) is 22.5 Å². The van der Waals surface area contributed by atoms with Gasteiger partial charge in [0.2, 0.25) is 0 Å². The second-order valence-corrected chi connectivity index (χ2v) is 21.3. The van der Waals surface area contributed by atoms with Gasteiger partial charge in [0.1, 0.15) is 36.3 Å². The maximum atomic E-state index is 14.0. The van der Waals surface area contributed by atoms with E-state index in [-0.39, 0.29) is 61.4 Å². The van der Waals surface area contributed by atoms with Crippen molar-refractivity contribution in [1.29, 1.82) is 0 Å². The molecule has 366 valence electrons. The fourth-order valence-corrected chi connectivity index (χ4v) is 14.1. The Labute approximate surface area is 392 Å². The molecule has 14 heteroatoms. The molecule has 2 heterocycles. The van der Waals surface area contributed by atoms with Crippen molar-refractivity contribution in [2.75, 3.05) is 65.4 Å². The molecule has 0 unspecified atom stereocenters. The van der Waals surface area contributed by atoms with Gasteiger partial charge in [-0.25, -0.2) is 25.6 Å². The van der Waals surface area contributed by atoms with E-state index in [9.17, 15) is 25.6 Å². The summed E-state index contributed by atoms with van der Waals surface area (Å²) in [4.78, 5) is 0.627. The van der Waals surface area contributed by atoms with Crippen molar-refractivity contribution in [3.8, 4) is 11.5 Å². The minimum Gasteiger partial charge on any atom is -0.491 e. The minimum absolute atomic E-state index is 0.0854. The molecule has 0 aromatic heterocycles. The van der Waals surface area contributed by atoms with Crippen LogP contribution < -0.4 is 9.47 Å². The number of sulfone groups is 2. The number of fused-ring (bicyclic) bond motifs is 2. The maximum Gasteiger partial charge on any atom is 0.179 e. The molecule has 0 fully saturated rings. The van der Waals surface area contributed by atoms with Crippen molar-refractivity contribution in [1.82, 2.24) is 0 Å². The molecular formula is C52H72F2O10S2. The molecule has 0 saturated carbocycles. The first-order valence-corrected chi connectivity index (χ1v) is 26.6. The fourth-order valence-electron chi connectivity index (χ4n) is 9.55. The first-order chi connectivity index (χ1) is 31.8. The molecule has 0 radical (unpaired) electrons. The van der Waals surface area contributed by atoms with Crippen molar-refractivity contribution >= 4 is 19.7 Å². The molecule has 2 N–H and O–H groups in total. The zero-order valence-electron chi connectivity index (χ0n) is 39.7. The van der Waals surface area contributed by atoms with Gasteiger partial charge in [-0.15, -0.1) is 0 Å². The molecular weight excluding hydrogens is 887 g/mol. The molecule has 4 atom stereocenters. The molecule has 66 heavy (non-hydrogen) atoms. The number of rotatable bonds is 21. The number of hydrogen-bond acceptors (Lipinski definition) is 10. The number of benzene rings is 4. The number of ether oxygens (including phenoxy) is 4. The van der Waals surface area contributed by atoms with Gasteiger partial charge in [-0.3, -0.25) is 0 Å². The van der Waals surface area contributed by atoms with Gasteiger partial charge < -0.3 is 29.2 Å². The predicted molar refractivity (Wildman–Crippen MR) is 256 cm³/mol. The van der Waals surface area contributed by atoms with Crippen LogP contribution in [0.25, 0.3) is 0 Å². The molecule has 0 bridgehead atoms. The Balaban J connectivity index is 0.00000232. The van der Waals surface area contributed by atoms with E-state index in [1.54, 1.807) is 48.5 Å². The van der Waals surface area contributed by atoms with Crippen LogP contribution in [0.2, 0.25) is 0 Å². The molecule has 0 aliphatic carbocycles. The van der Waals surface area contributed by atoms with Crippen molar-refractivity contribution in [3.05, 3.63) is 119 Å². The smallest absolute Gasteiger partial charge is 0.179 e. The number of halogens is 2. The van der Waals surface area contributed by atoms with Crippen LogP contribution in [0.4, 0.5) is 8.78 Å². The maximum absolute atomic E-state index is 14.0. The molecule has 4 aromatic rings. The van der Waals surface area contributed by atoms with Gasteiger partial charge in [-0.2, -0.15) is 0 Å². The fraction of sp³-hybridized carbons (Fsp3) is 0.538. The lowest BCUT2D eigenvalue weighted by Crippen LogP contribution is -2.29. The first-order valence-electron chi connectivity index (χ1n) is 23.3. The van der Waals surface area contributed by atoms with Crippen LogP contribution >= 0.6 is 0 Å². The number of hydrogen-bond donors (Lipinski definition) is 2. The Kier molecular flexibility index (Phi) is 21.5. The minimum atomic E-state index is -3.59. The summed E-state index contributed by atoms with van der Waals surface area (Å²) in [7, 11) is -5.19. The van der Waals surface area contributed by atoms with E-state index in [0.29, 0.717) is 58.5 Å². The second kappa shape index (κ2) is 26.0. The van der Waals surface area contributed by atoms with Gasteiger partial charge in [0.05, 0.1) is 47.7 Å². The third kappa shape index (κ3) is 14.3. The van der Waals surface area contributed by atoms with E-state index in [1.807, 2.05) is 12.1 Å².